The maximum atomic E-state index is 12.0. The standard InChI is InChI=1S/C16H11ClN4O4/c17-13-6-5-12(7-14(13)21(23)24)20-16(22)19-11-3-1-10(2-4-11)15-8-18-9-25-15/h1-9H,(H2,19,20,22). The number of oxazole rings is 1. The monoisotopic (exact) mass is 358 g/mol. The third kappa shape index (κ3) is 3.93. The molecule has 3 aromatic rings. The number of hydrogen-bond acceptors (Lipinski definition) is 5. The van der Waals surface area contributed by atoms with Gasteiger partial charge in [0.2, 0.25) is 0 Å². The lowest BCUT2D eigenvalue weighted by Gasteiger charge is -2.08. The van der Waals surface area contributed by atoms with Crippen LogP contribution in [0.3, 0.4) is 0 Å². The summed E-state index contributed by atoms with van der Waals surface area (Å²) in [7, 11) is 0. The summed E-state index contributed by atoms with van der Waals surface area (Å²) in [6, 6.07) is 10.4. The van der Waals surface area contributed by atoms with Crippen LogP contribution in [-0.4, -0.2) is 15.9 Å². The van der Waals surface area contributed by atoms with Gasteiger partial charge >= 0.3 is 6.03 Å². The Bertz CT molecular complexity index is 910. The lowest BCUT2D eigenvalue weighted by Crippen LogP contribution is -2.19. The molecule has 8 nitrogen and oxygen atoms in total. The second-order valence-electron chi connectivity index (χ2n) is 4.95. The minimum Gasteiger partial charge on any atom is -0.444 e. The second-order valence-corrected chi connectivity index (χ2v) is 5.35. The fourth-order valence-electron chi connectivity index (χ4n) is 2.10. The molecule has 0 aliphatic heterocycles. The molecule has 2 aromatic carbocycles. The quantitative estimate of drug-likeness (QED) is 0.525. The molecule has 2 N–H and O–H groups in total. The maximum absolute atomic E-state index is 12.0. The summed E-state index contributed by atoms with van der Waals surface area (Å²) in [4.78, 5) is 26.1. The molecule has 9 heteroatoms. The van der Waals surface area contributed by atoms with Gasteiger partial charge in [0.1, 0.15) is 5.02 Å². The molecular formula is C16H11ClN4O4. The number of carbonyl (C=O) groups is 1. The minimum absolute atomic E-state index is 0.000960. The predicted molar refractivity (Wildman–Crippen MR) is 92.7 cm³/mol. The van der Waals surface area contributed by atoms with E-state index in [1.165, 1.54) is 24.6 Å². The van der Waals surface area contributed by atoms with Crippen molar-refractivity contribution in [2.24, 2.45) is 0 Å². The predicted octanol–water partition coefficient (Wildman–Crippen LogP) is 4.55. The number of anilines is 2. The first-order chi connectivity index (χ1) is 12.0. The minimum atomic E-state index is -0.617. The Morgan fingerprint density at radius 1 is 1.12 bits per heavy atom. The number of nitro benzene ring substituents is 1. The van der Waals surface area contributed by atoms with Crippen molar-refractivity contribution in [3.8, 4) is 11.3 Å². The Balaban J connectivity index is 1.66. The molecule has 126 valence electrons. The number of aromatic nitrogens is 1. The zero-order valence-electron chi connectivity index (χ0n) is 12.6. The third-order valence-electron chi connectivity index (χ3n) is 3.26. The van der Waals surface area contributed by atoms with E-state index in [-0.39, 0.29) is 16.4 Å². The topological polar surface area (TPSA) is 110 Å². The van der Waals surface area contributed by atoms with E-state index in [9.17, 15) is 14.9 Å². The second kappa shape index (κ2) is 7.02. The largest absolute Gasteiger partial charge is 0.444 e. The number of nitrogens with zero attached hydrogens (tertiary/aromatic N) is 2. The van der Waals surface area contributed by atoms with Gasteiger partial charge in [0.25, 0.3) is 5.69 Å². The van der Waals surface area contributed by atoms with Crippen LogP contribution in [0.15, 0.2) is 59.5 Å². The number of rotatable bonds is 4. The van der Waals surface area contributed by atoms with Crippen LogP contribution in [0, 0.1) is 10.1 Å². The number of benzene rings is 2. The van der Waals surface area contributed by atoms with Gasteiger partial charge in [-0.1, -0.05) is 11.6 Å². The highest BCUT2D eigenvalue weighted by atomic mass is 35.5. The van der Waals surface area contributed by atoms with Crippen LogP contribution in [0.5, 0.6) is 0 Å². The van der Waals surface area contributed by atoms with Crippen molar-refractivity contribution >= 4 is 34.7 Å². The molecule has 0 saturated heterocycles. The van der Waals surface area contributed by atoms with Gasteiger partial charge < -0.3 is 15.1 Å². The van der Waals surface area contributed by atoms with Crippen molar-refractivity contribution in [3.05, 3.63) is 70.2 Å². The Morgan fingerprint density at radius 3 is 2.44 bits per heavy atom. The van der Waals surface area contributed by atoms with Gasteiger partial charge in [0.05, 0.1) is 11.1 Å². The van der Waals surface area contributed by atoms with Gasteiger partial charge in [0.15, 0.2) is 12.2 Å². The molecule has 0 spiro atoms. The Morgan fingerprint density at radius 2 is 1.80 bits per heavy atom. The normalized spacial score (nSPS) is 10.3. The van der Waals surface area contributed by atoms with E-state index in [2.05, 4.69) is 15.6 Å². The summed E-state index contributed by atoms with van der Waals surface area (Å²) in [5, 5.41) is 16.0. The zero-order valence-corrected chi connectivity index (χ0v) is 13.4. The van der Waals surface area contributed by atoms with E-state index < -0.39 is 11.0 Å². The first-order valence-corrected chi connectivity index (χ1v) is 7.41. The third-order valence-corrected chi connectivity index (χ3v) is 3.58. The number of carbonyl (C=O) groups excluding carboxylic acids is 1. The van der Waals surface area contributed by atoms with Crippen LogP contribution in [0.25, 0.3) is 11.3 Å². The lowest BCUT2D eigenvalue weighted by atomic mass is 10.2. The molecule has 0 radical (unpaired) electrons. The molecular weight excluding hydrogens is 348 g/mol. The molecule has 3 rings (SSSR count). The van der Waals surface area contributed by atoms with Gasteiger partial charge in [-0.15, -0.1) is 0 Å². The average Bonchev–Trinajstić information content (AvgIpc) is 3.11. The number of amides is 2. The summed E-state index contributed by atoms with van der Waals surface area (Å²) in [6.45, 7) is 0. The van der Waals surface area contributed by atoms with Gasteiger partial charge in [-0.25, -0.2) is 9.78 Å². The molecule has 0 fully saturated rings. The van der Waals surface area contributed by atoms with Crippen LogP contribution in [0.2, 0.25) is 5.02 Å². The molecule has 2 amide bonds. The van der Waals surface area contributed by atoms with Crippen LogP contribution in [0.1, 0.15) is 0 Å². The number of nitrogens with one attached hydrogen (secondary N) is 2. The molecule has 1 aromatic heterocycles. The van der Waals surface area contributed by atoms with E-state index in [1.807, 2.05) is 0 Å². The van der Waals surface area contributed by atoms with Crippen LogP contribution in [-0.2, 0) is 0 Å². The highest BCUT2D eigenvalue weighted by Gasteiger charge is 2.14. The molecule has 0 aliphatic rings. The van der Waals surface area contributed by atoms with Gasteiger partial charge in [0, 0.05) is 23.0 Å². The molecule has 25 heavy (non-hydrogen) atoms. The van der Waals surface area contributed by atoms with Crippen molar-refractivity contribution < 1.29 is 14.1 Å². The average molecular weight is 359 g/mol. The number of urea groups is 1. The van der Waals surface area contributed by atoms with Crippen molar-refractivity contribution in [2.75, 3.05) is 10.6 Å². The lowest BCUT2D eigenvalue weighted by molar-refractivity contribution is -0.384. The SMILES string of the molecule is O=C(Nc1ccc(-c2cnco2)cc1)Nc1ccc(Cl)c([N+](=O)[O-])c1. The Kier molecular flexibility index (Phi) is 4.62. The Labute approximate surface area is 146 Å². The molecule has 0 saturated carbocycles. The smallest absolute Gasteiger partial charge is 0.323 e. The number of halogens is 1. The molecule has 0 aliphatic carbocycles. The van der Waals surface area contributed by atoms with E-state index in [4.69, 9.17) is 16.0 Å². The molecule has 0 bridgehead atoms. The summed E-state index contributed by atoms with van der Waals surface area (Å²) in [5.41, 5.74) is 1.34. The van der Waals surface area contributed by atoms with Crippen molar-refractivity contribution in [1.82, 2.24) is 4.98 Å². The maximum Gasteiger partial charge on any atom is 0.323 e. The van der Waals surface area contributed by atoms with Gasteiger partial charge in [-0.05, 0) is 36.4 Å². The summed E-state index contributed by atoms with van der Waals surface area (Å²) < 4.78 is 5.18. The summed E-state index contributed by atoms with van der Waals surface area (Å²) in [5.74, 6) is 0.615. The first-order valence-electron chi connectivity index (χ1n) is 7.04. The van der Waals surface area contributed by atoms with Crippen LogP contribution in [0.4, 0.5) is 21.9 Å². The highest BCUT2D eigenvalue weighted by Crippen LogP contribution is 2.27. The van der Waals surface area contributed by atoms with Gasteiger partial charge in [-0.3, -0.25) is 10.1 Å². The van der Waals surface area contributed by atoms with E-state index in [0.717, 1.165) is 5.56 Å². The number of nitro groups is 1. The molecule has 1 heterocycles. The molecule has 0 unspecified atom stereocenters. The first kappa shape index (κ1) is 16.5. The van der Waals surface area contributed by atoms with Crippen molar-refractivity contribution in [1.29, 1.82) is 0 Å². The zero-order chi connectivity index (χ0) is 17.8. The van der Waals surface area contributed by atoms with Gasteiger partial charge in [-0.2, -0.15) is 0 Å². The van der Waals surface area contributed by atoms with E-state index >= 15 is 0 Å². The number of hydrogen-bond donors (Lipinski definition) is 2. The van der Waals surface area contributed by atoms with E-state index in [1.54, 1.807) is 30.5 Å². The highest BCUT2D eigenvalue weighted by molar-refractivity contribution is 6.32. The fourth-order valence-corrected chi connectivity index (χ4v) is 2.29. The van der Waals surface area contributed by atoms with Crippen LogP contribution >= 0.6 is 11.6 Å². The van der Waals surface area contributed by atoms with Crippen molar-refractivity contribution in [3.63, 3.8) is 0 Å². The summed E-state index contributed by atoms with van der Waals surface area (Å²) in [6.07, 6.45) is 2.92. The Hall–Kier alpha value is -3.39. The fraction of sp³-hybridized carbons (Fsp3) is 0. The summed E-state index contributed by atoms with van der Waals surface area (Å²) >= 11 is 5.73. The van der Waals surface area contributed by atoms with Crippen LogP contribution < -0.4 is 10.6 Å². The van der Waals surface area contributed by atoms with E-state index in [0.29, 0.717) is 11.4 Å². The van der Waals surface area contributed by atoms with Crippen molar-refractivity contribution in [2.45, 2.75) is 0 Å². The molecule has 0 atom stereocenters.